The van der Waals surface area contributed by atoms with E-state index in [4.69, 9.17) is 49.4 Å². The number of halogens is 3. The van der Waals surface area contributed by atoms with Crippen LogP contribution < -0.4 is 19.1 Å². The Bertz CT molecular complexity index is 1560. The number of urea groups is 1. The second-order valence-corrected chi connectivity index (χ2v) is 10.2. The predicted molar refractivity (Wildman–Crippen MR) is 145 cm³/mol. The molecule has 0 unspecified atom stereocenters. The highest BCUT2D eigenvalue weighted by Gasteiger charge is 2.27. The van der Waals surface area contributed by atoms with E-state index in [-0.39, 0.29) is 44.4 Å². The van der Waals surface area contributed by atoms with Crippen LogP contribution in [0.3, 0.4) is 0 Å². The van der Waals surface area contributed by atoms with E-state index in [1.165, 1.54) is 44.5 Å². The van der Waals surface area contributed by atoms with Gasteiger partial charge in [-0.1, -0.05) is 46.9 Å². The van der Waals surface area contributed by atoms with Gasteiger partial charge in [-0.2, -0.15) is 19.9 Å². The molecule has 0 saturated carbocycles. The summed E-state index contributed by atoms with van der Waals surface area (Å²) >= 11 is 16.8. The summed E-state index contributed by atoms with van der Waals surface area (Å²) in [4.78, 5) is 50.2. The molecule has 2 amide bonds. The quantitative estimate of drug-likeness (QED) is 0.266. The van der Waals surface area contributed by atoms with E-state index in [0.29, 0.717) is 0 Å². The number of hydrogen-bond donors (Lipinski definition) is 2. The number of pyridine rings is 1. The summed E-state index contributed by atoms with van der Waals surface area (Å²) in [6, 6.07) is 5.59. The van der Waals surface area contributed by atoms with E-state index in [9.17, 15) is 22.8 Å². The summed E-state index contributed by atoms with van der Waals surface area (Å²) in [6.07, 6.45) is 0. The van der Waals surface area contributed by atoms with Crippen LogP contribution in [-0.2, 0) is 19.6 Å². The maximum atomic E-state index is 12.6. The fourth-order valence-corrected chi connectivity index (χ4v) is 4.37. The molecule has 0 radical (unpaired) electrons. The first-order valence-electron chi connectivity index (χ1n) is 10.8. The van der Waals surface area contributed by atoms with Crippen molar-refractivity contribution in [1.29, 1.82) is 0 Å². The van der Waals surface area contributed by atoms with Crippen molar-refractivity contribution in [3.8, 4) is 11.9 Å². The second-order valence-electron chi connectivity index (χ2n) is 7.36. The lowest BCUT2D eigenvalue weighted by atomic mass is 10.2. The van der Waals surface area contributed by atoms with Crippen LogP contribution in [0.25, 0.3) is 0 Å². The lowest BCUT2D eigenvalue weighted by Gasteiger charge is -2.17. The van der Waals surface area contributed by atoms with E-state index >= 15 is 0 Å². The van der Waals surface area contributed by atoms with Crippen LogP contribution in [0.2, 0.25) is 15.2 Å². The standard InChI is InChI=1S/C15H17N5O6S.C7H4Cl3NO3/c1-9-16-13(18-14(17-9)26-4)20(2)15(22)19-27(23,24)11-8-6-5-7-10(11)12(21)25-3;8-3-1-4(9)7(11-6(3)10)14-2-5(12)13/h5-8H,1-4H3,(H,19,22);1H,2H2,(H,12,13). The Morgan fingerprint density at radius 3 is 2.29 bits per heavy atom. The topological polar surface area (TPSA) is 200 Å². The minimum atomic E-state index is -4.37. The molecule has 0 fully saturated rings. The number of aryl methyl sites for hydroxylation is 1. The van der Waals surface area contributed by atoms with Gasteiger partial charge in [0.25, 0.3) is 10.0 Å². The minimum Gasteiger partial charge on any atom is -0.479 e. The third-order valence-corrected chi connectivity index (χ3v) is 6.81. The van der Waals surface area contributed by atoms with Crippen LogP contribution in [-0.4, -0.2) is 79.3 Å². The molecule has 220 valence electrons. The highest BCUT2D eigenvalue weighted by atomic mass is 35.5. The monoisotopic (exact) mass is 650 g/mol. The highest BCUT2D eigenvalue weighted by Crippen LogP contribution is 2.30. The van der Waals surface area contributed by atoms with Crippen molar-refractivity contribution in [3.05, 3.63) is 56.9 Å². The number of carbonyl (C=O) groups excluding carboxylic acids is 2. The van der Waals surface area contributed by atoms with Crippen LogP contribution in [0.1, 0.15) is 16.2 Å². The Labute approximate surface area is 248 Å². The van der Waals surface area contributed by atoms with Crippen molar-refractivity contribution in [2.75, 3.05) is 32.8 Å². The number of esters is 1. The van der Waals surface area contributed by atoms with E-state index in [0.717, 1.165) is 12.0 Å². The average molecular weight is 652 g/mol. The number of anilines is 1. The van der Waals surface area contributed by atoms with Gasteiger partial charge in [-0.25, -0.2) is 27.5 Å². The number of nitrogens with zero attached hydrogens (tertiary/aromatic N) is 5. The molecule has 41 heavy (non-hydrogen) atoms. The van der Waals surface area contributed by atoms with Gasteiger partial charge in [0.15, 0.2) is 11.8 Å². The molecule has 3 rings (SSSR count). The Morgan fingerprint density at radius 1 is 1.02 bits per heavy atom. The number of aromatic nitrogens is 4. The summed E-state index contributed by atoms with van der Waals surface area (Å²) in [5.41, 5.74) is -0.208. The molecule has 3 aromatic rings. The summed E-state index contributed by atoms with van der Waals surface area (Å²) < 4.78 is 41.2. The number of ether oxygens (including phenoxy) is 3. The van der Waals surface area contributed by atoms with Gasteiger partial charge in [-0.05, 0) is 25.1 Å². The first-order chi connectivity index (χ1) is 19.2. The average Bonchev–Trinajstić information content (AvgIpc) is 2.93. The number of methoxy groups -OCH3 is 2. The number of amides is 2. The minimum absolute atomic E-state index is 0.0106. The zero-order valence-corrected chi connectivity index (χ0v) is 24.7. The summed E-state index contributed by atoms with van der Waals surface area (Å²) in [5, 5.41) is 8.64. The number of hydrogen-bond acceptors (Lipinski definition) is 12. The summed E-state index contributed by atoms with van der Waals surface area (Å²) in [6.45, 7) is 1.02. The summed E-state index contributed by atoms with van der Waals surface area (Å²) in [7, 11) is -0.640. The zero-order valence-electron chi connectivity index (χ0n) is 21.6. The van der Waals surface area contributed by atoms with Crippen molar-refractivity contribution in [2.45, 2.75) is 11.8 Å². The molecule has 2 aromatic heterocycles. The van der Waals surface area contributed by atoms with Crippen molar-refractivity contribution in [2.24, 2.45) is 0 Å². The van der Waals surface area contributed by atoms with Gasteiger partial charge < -0.3 is 19.3 Å². The number of aliphatic carboxylic acids is 1. The molecular weight excluding hydrogens is 631 g/mol. The maximum absolute atomic E-state index is 12.6. The molecule has 0 aliphatic carbocycles. The fourth-order valence-electron chi connectivity index (χ4n) is 2.65. The molecule has 15 nitrogen and oxygen atoms in total. The lowest BCUT2D eigenvalue weighted by Crippen LogP contribution is -2.42. The Morgan fingerprint density at radius 2 is 1.68 bits per heavy atom. The van der Waals surface area contributed by atoms with Gasteiger partial charge in [0, 0.05) is 7.05 Å². The van der Waals surface area contributed by atoms with E-state index in [2.05, 4.69) is 24.7 Å². The van der Waals surface area contributed by atoms with Gasteiger partial charge >= 0.3 is 24.0 Å². The van der Waals surface area contributed by atoms with Crippen LogP contribution in [0.5, 0.6) is 11.9 Å². The molecule has 2 heterocycles. The van der Waals surface area contributed by atoms with Crippen molar-refractivity contribution < 1.29 is 42.1 Å². The number of rotatable bonds is 8. The predicted octanol–water partition coefficient (Wildman–Crippen LogP) is 3.02. The third kappa shape index (κ3) is 9.28. The number of carboxylic acid groups (broad SMARTS) is 1. The third-order valence-electron chi connectivity index (χ3n) is 4.49. The van der Waals surface area contributed by atoms with Crippen LogP contribution in [0.4, 0.5) is 10.7 Å². The molecule has 19 heteroatoms. The van der Waals surface area contributed by atoms with Crippen LogP contribution in [0, 0.1) is 6.92 Å². The molecule has 1 aromatic carbocycles. The molecule has 0 atom stereocenters. The molecule has 2 N–H and O–H groups in total. The molecule has 0 aliphatic rings. The Balaban J connectivity index is 0.000000353. The van der Waals surface area contributed by atoms with E-state index in [1.54, 1.807) is 6.92 Å². The van der Waals surface area contributed by atoms with Crippen LogP contribution >= 0.6 is 34.8 Å². The van der Waals surface area contributed by atoms with Crippen molar-refractivity contribution in [1.82, 2.24) is 24.7 Å². The van der Waals surface area contributed by atoms with Crippen molar-refractivity contribution >= 4 is 68.7 Å². The van der Waals surface area contributed by atoms with Gasteiger partial charge in [0.1, 0.15) is 15.7 Å². The molecule has 0 aliphatic heterocycles. The van der Waals surface area contributed by atoms with Crippen molar-refractivity contribution in [3.63, 3.8) is 0 Å². The first kappa shape index (κ1) is 33.2. The molecule has 0 spiro atoms. The number of carbonyl (C=O) groups is 3. The number of carboxylic acids is 1. The van der Waals surface area contributed by atoms with Gasteiger partial charge in [0.2, 0.25) is 11.8 Å². The first-order valence-corrected chi connectivity index (χ1v) is 13.4. The Kier molecular flexibility index (Phi) is 11.8. The van der Waals surface area contributed by atoms with E-state index in [1.807, 2.05) is 4.72 Å². The fraction of sp³-hybridized carbons (Fsp3) is 0.227. The molecule has 0 saturated heterocycles. The van der Waals surface area contributed by atoms with Gasteiger partial charge in [0.05, 0.1) is 24.8 Å². The Hall–Kier alpha value is -3.99. The zero-order chi connectivity index (χ0) is 30.9. The lowest BCUT2D eigenvalue weighted by molar-refractivity contribution is -0.139. The molecule has 0 bridgehead atoms. The number of sulfonamides is 1. The second kappa shape index (κ2) is 14.6. The van der Waals surface area contributed by atoms with Crippen LogP contribution in [0.15, 0.2) is 35.2 Å². The normalized spacial score (nSPS) is 10.5. The van der Waals surface area contributed by atoms with E-state index < -0.39 is 39.5 Å². The smallest absolute Gasteiger partial charge is 0.341 e. The largest absolute Gasteiger partial charge is 0.479 e. The van der Waals surface area contributed by atoms with Gasteiger partial charge in [-0.15, -0.1) is 0 Å². The SMILES string of the molecule is COC(=O)c1ccccc1S(=O)(=O)NC(=O)N(C)c1nc(C)nc(OC)n1.O=C(O)COc1nc(Cl)c(Cl)cc1Cl. The number of benzene rings is 1. The molecular formula is C22H21Cl3N6O9S. The number of nitrogens with one attached hydrogen (secondary N) is 1. The highest BCUT2D eigenvalue weighted by molar-refractivity contribution is 7.90. The van der Waals surface area contributed by atoms with Gasteiger partial charge in [-0.3, -0.25) is 4.90 Å². The summed E-state index contributed by atoms with van der Waals surface area (Å²) in [5.74, 6) is -1.88. The maximum Gasteiger partial charge on any atom is 0.341 e.